The highest BCUT2D eigenvalue weighted by Gasteiger charge is 2.24. The zero-order valence-corrected chi connectivity index (χ0v) is 12.5. The van der Waals surface area contributed by atoms with Crippen molar-refractivity contribution in [2.75, 3.05) is 4.43 Å². The topological polar surface area (TPSA) is 0 Å². The predicted molar refractivity (Wildman–Crippen MR) is 81.4 cm³/mol. The zero-order valence-electron chi connectivity index (χ0n) is 9.53. The quantitative estimate of drug-likeness (QED) is 0.528. The maximum absolute atomic E-state index is 2.37. The van der Waals surface area contributed by atoms with Crippen molar-refractivity contribution in [2.45, 2.75) is 24.7 Å². The first-order valence-electron chi connectivity index (χ1n) is 5.44. The number of allylic oxidation sites excluding steroid dienone is 4. The highest BCUT2D eigenvalue weighted by molar-refractivity contribution is 14.1. The summed E-state index contributed by atoms with van der Waals surface area (Å²) < 4.78 is 1.08. The van der Waals surface area contributed by atoms with Crippen LogP contribution in [0, 0.1) is 0 Å². The molecule has 16 heavy (non-hydrogen) atoms. The highest BCUT2D eigenvalue weighted by Crippen LogP contribution is 2.49. The lowest BCUT2D eigenvalue weighted by molar-refractivity contribution is 0.934. The second kappa shape index (κ2) is 5.41. The van der Waals surface area contributed by atoms with E-state index in [0.29, 0.717) is 5.92 Å². The minimum absolute atomic E-state index is 0.556. The molecule has 0 saturated carbocycles. The molecule has 1 heterocycles. The molecule has 0 nitrogen and oxygen atoms in total. The third-order valence-corrected chi connectivity index (χ3v) is 4.84. The predicted octanol–water partition coefficient (Wildman–Crippen LogP) is 5.16. The molecule has 2 rings (SSSR count). The van der Waals surface area contributed by atoms with Crippen molar-refractivity contribution in [3.63, 3.8) is 0 Å². The molecule has 0 aromatic heterocycles. The monoisotopic (exact) mass is 342 g/mol. The Kier molecular flexibility index (Phi) is 4.14. The van der Waals surface area contributed by atoms with Crippen LogP contribution in [-0.4, -0.2) is 4.43 Å². The molecule has 1 unspecified atom stereocenters. The van der Waals surface area contributed by atoms with Gasteiger partial charge in [-0.1, -0.05) is 71.6 Å². The third kappa shape index (κ3) is 2.38. The third-order valence-electron chi connectivity index (χ3n) is 2.84. The Hall–Kier alpha value is -0.220. The van der Waals surface area contributed by atoms with Crippen molar-refractivity contribution < 1.29 is 0 Å². The summed E-state index contributed by atoms with van der Waals surface area (Å²) in [6.45, 7) is 4.52. The maximum Gasteiger partial charge on any atom is 0.0179 e. The number of rotatable bonds is 2. The fraction of sp³-hybridized carbons (Fsp3) is 0.286. The van der Waals surface area contributed by atoms with Crippen LogP contribution in [0.2, 0.25) is 0 Å². The van der Waals surface area contributed by atoms with E-state index in [9.17, 15) is 0 Å². The molecule has 0 N–H and O–H groups in total. The molecular weight excluding hydrogens is 327 g/mol. The van der Waals surface area contributed by atoms with Gasteiger partial charge in [0.25, 0.3) is 0 Å². The van der Waals surface area contributed by atoms with Crippen LogP contribution >= 0.6 is 34.4 Å². The molecule has 0 fully saturated rings. The molecule has 0 saturated heterocycles. The molecule has 0 bridgehead atoms. The van der Waals surface area contributed by atoms with Gasteiger partial charge in [0, 0.05) is 15.2 Å². The van der Waals surface area contributed by atoms with Gasteiger partial charge >= 0.3 is 0 Å². The number of fused-ring (bicyclic) bond motifs is 1. The summed E-state index contributed by atoms with van der Waals surface area (Å²) >= 11 is 4.30. The Morgan fingerprint density at radius 1 is 1.44 bits per heavy atom. The van der Waals surface area contributed by atoms with E-state index in [4.69, 9.17) is 0 Å². The van der Waals surface area contributed by atoms with E-state index in [1.807, 2.05) is 11.8 Å². The minimum Gasteiger partial charge on any atom is -0.0933 e. The van der Waals surface area contributed by atoms with Crippen molar-refractivity contribution in [1.29, 1.82) is 0 Å². The van der Waals surface area contributed by atoms with Gasteiger partial charge in [-0.25, -0.2) is 0 Å². The summed E-state index contributed by atoms with van der Waals surface area (Å²) in [5.74, 6) is 0.556. The fourth-order valence-corrected chi connectivity index (χ4v) is 3.54. The number of hydrogen-bond donors (Lipinski definition) is 0. The zero-order chi connectivity index (χ0) is 11.5. The minimum atomic E-state index is 0.556. The summed E-state index contributed by atoms with van der Waals surface area (Å²) in [5.41, 5.74) is 2.88. The SMILES string of the molecule is CC(/C=C\CI)=C1\Sc2ccccc2C1C. The van der Waals surface area contributed by atoms with Gasteiger partial charge in [-0.15, -0.1) is 0 Å². The normalized spacial score (nSPS) is 22.6. The van der Waals surface area contributed by atoms with Crippen LogP contribution in [-0.2, 0) is 0 Å². The Balaban J connectivity index is 2.34. The van der Waals surface area contributed by atoms with Crippen LogP contribution in [0.3, 0.4) is 0 Å². The van der Waals surface area contributed by atoms with Gasteiger partial charge in [-0.2, -0.15) is 0 Å². The van der Waals surface area contributed by atoms with E-state index in [1.165, 1.54) is 20.9 Å². The molecule has 1 aromatic rings. The summed E-state index contributed by atoms with van der Waals surface area (Å²) in [7, 11) is 0. The molecule has 0 aliphatic carbocycles. The van der Waals surface area contributed by atoms with Crippen LogP contribution < -0.4 is 0 Å². The van der Waals surface area contributed by atoms with E-state index in [2.05, 4.69) is 72.9 Å². The van der Waals surface area contributed by atoms with Gasteiger partial charge in [0.05, 0.1) is 0 Å². The summed E-state index contributed by atoms with van der Waals surface area (Å²) in [6.07, 6.45) is 4.47. The van der Waals surface area contributed by atoms with Crippen molar-refractivity contribution in [3.05, 3.63) is 52.5 Å². The second-order valence-corrected chi connectivity index (χ2v) is 5.93. The van der Waals surface area contributed by atoms with E-state index in [0.717, 1.165) is 4.43 Å². The first-order valence-corrected chi connectivity index (χ1v) is 7.78. The van der Waals surface area contributed by atoms with Crippen LogP contribution in [0.1, 0.15) is 25.3 Å². The van der Waals surface area contributed by atoms with E-state index >= 15 is 0 Å². The van der Waals surface area contributed by atoms with Crippen LogP contribution in [0.15, 0.2) is 51.8 Å². The van der Waals surface area contributed by atoms with Gasteiger partial charge in [-0.05, 0) is 29.0 Å². The van der Waals surface area contributed by atoms with Gasteiger partial charge < -0.3 is 0 Å². The van der Waals surface area contributed by atoms with Crippen molar-refractivity contribution >= 4 is 34.4 Å². The second-order valence-electron chi connectivity index (χ2n) is 3.97. The van der Waals surface area contributed by atoms with Crippen molar-refractivity contribution in [3.8, 4) is 0 Å². The van der Waals surface area contributed by atoms with E-state index < -0.39 is 0 Å². The van der Waals surface area contributed by atoms with Crippen LogP contribution in [0.4, 0.5) is 0 Å². The van der Waals surface area contributed by atoms with Gasteiger partial charge in [0.15, 0.2) is 0 Å². The van der Waals surface area contributed by atoms with Gasteiger partial charge in [-0.3, -0.25) is 0 Å². The number of hydrogen-bond acceptors (Lipinski definition) is 1. The van der Waals surface area contributed by atoms with Gasteiger partial charge in [0.2, 0.25) is 0 Å². The Morgan fingerprint density at radius 3 is 2.88 bits per heavy atom. The average Bonchev–Trinajstić information content (AvgIpc) is 2.64. The average molecular weight is 342 g/mol. The molecule has 84 valence electrons. The molecule has 2 heteroatoms. The standard InChI is InChI=1S/C14H15IS/c1-10(6-5-9-15)14-11(2)12-7-3-4-8-13(12)16-14/h3-8,11H,9H2,1-2H3/b6-5-,14-10+. The molecule has 1 aliphatic heterocycles. The Bertz CT molecular complexity index is 446. The van der Waals surface area contributed by atoms with Gasteiger partial charge in [0.1, 0.15) is 0 Å². The molecule has 0 spiro atoms. The van der Waals surface area contributed by atoms with E-state index in [-0.39, 0.29) is 0 Å². The maximum atomic E-state index is 2.37. The number of thioether (sulfide) groups is 1. The van der Waals surface area contributed by atoms with Crippen LogP contribution in [0.5, 0.6) is 0 Å². The first kappa shape index (κ1) is 12.2. The summed E-state index contributed by atoms with van der Waals surface area (Å²) in [6, 6.07) is 8.72. The number of alkyl halides is 1. The Labute approximate surface area is 115 Å². The molecule has 1 atom stereocenters. The fourth-order valence-electron chi connectivity index (χ4n) is 2.00. The van der Waals surface area contributed by atoms with E-state index in [1.54, 1.807) is 0 Å². The summed E-state index contributed by atoms with van der Waals surface area (Å²) in [5, 5.41) is 0. The lowest BCUT2D eigenvalue weighted by Crippen LogP contribution is -1.90. The Morgan fingerprint density at radius 2 is 2.19 bits per heavy atom. The largest absolute Gasteiger partial charge is 0.0933 e. The lowest BCUT2D eigenvalue weighted by Gasteiger charge is -2.07. The molecular formula is C14H15IS. The molecule has 1 aliphatic rings. The molecule has 0 radical (unpaired) electrons. The lowest BCUT2D eigenvalue weighted by atomic mass is 9.99. The molecule has 1 aromatic carbocycles. The first-order chi connectivity index (χ1) is 7.74. The van der Waals surface area contributed by atoms with Crippen molar-refractivity contribution in [2.24, 2.45) is 0 Å². The highest BCUT2D eigenvalue weighted by atomic mass is 127. The number of benzene rings is 1. The van der Waals surface area contributed by atoms with Crippen molar-refractivity contribution in [1.82, 2.24) is 0 Å². The smallest absolute Gasteiger partial charge is 0.0179 e. The summed E-state index contributed by atoms with van der Waals surface area (Å²) in [4.78, 5) is 2.93. The molecule has 0 amide bonds. The van der Waals surface area contributed by atoms with Crippen LogP contribution in [0.25, 0.3) is 0 Å². The number of halogens is 1.